The summed E-state index contributed by atoms with van der Waals surface area (Å²) in [5.41, 5.74) is 0.621. The van der Waals surface area contributed by atoms with E-state index in [1.54, 1.807) is 6.08 Å². The lowest BCUT2D eigenvalue weighted by molar-refractivity contribution is -0.123. The molecule has 0 aromatic carbocycles. The normalized spacial score (nSPS) is 40.6. The monoisotopic (exact) mass is 306 g/mol. The van der Waals surface area contributed by atoms with E-state index in [-0.39, 0.29) is 16.9 Å². The first kappa shape index (κ1) is 17.7. The lowest BCUT2D eigenvalue weighted by Crippen LogP contribution is -2.55. The topological polar surface area (TPSA) is 40.5 Å². The fourth-order valence-corrected chi connectivity index (χ4v) is 5.55. The average molecular weight is 306 g/mol. The molecule has 2 saturated carbocycles. The van der Waals surface area contributed by atoms with Gasteiger partial charge in [0.25, 0.3) is 0 Å². The summed E-state index contributed by atoms with van der Waals surface area (Å²) in [5, 5.41) is 21.0. The van der Waals surface area contributed by atoms with Gasteiger partial charge in [0.15, 0.2) is 0 Å². The number of hydrogen-bond donors (Lipinski definition) is 2. The predicted octanol–water partition coefficient (Wildman–Crippen LogP) is 4.47. The van der Waals surface area contributed by atoms with E-state index in [2.05, 4.69) is 33.9 Å². The number of aliphatic hydroxyl groups is 2. The molecule has 2 nitrogen and oxygen atoms in total. The van der Waals surface area contributed by atoms with Gasteiger partial charge in [-0.05, 0) is 61.7 Å². The quantitative estimate of drug-likeness (QED) is 0.752. The van der Waals surface area contributed by atoms with Gasteiger partial charge in [0.2, 0.25) is 0 Å². The minimum absolute atomic E-state index is 0.0910. The fourth-order valence-electron chi connectivity index (χ4n) is 5.55. The first-order valence-electron chi connectivity index (χ1n) is 8.75. The third-order valence-electron chi connectivity index (χ3n) is 6.61. The molecule has 126 valence electrons. The van der Waals surface area contributed by atoms with Crippen molar-refractivity contribution >= 4 is 0 Å². The van der Waals surface area contributed by atoms with Crippen LogP contribution in [-0.2, 0) is 0 Å². The molecule has 5 atom stereocenters. The largest absolute Gasteiger partial charge is 0.392 e. The van der Waals surface area contributed by atoms with E-state index in [0.29, 0.717) is 24.7 Å². The maximum Gasteiger partial charge on any atom is 0.0797 e. The molecule has 2 N–H and O–H groups in total. The van der Waals surface area contributed by atoms with Crippen LogP contribution in [0.2, 0.25) is 0 Å². The molecule has 2 heteroatoms. The fraction of sp³-hybridized carbons (Fsp3) is 0.800. The Balaban J connectivity index is 2.28. The van der Waals surface area contributed by atoms with Crippen LogP contribution in [0.15, 0.2) is 24.8 Å². The van der Waals surface area contributed by atoms with Crippen LogP contribution in [0.5, 0.6) is 0 Å². The molecule has 0 amide bonds. The Morgan fingerprint density at radius 2 is 1.95 bits per heavy atom. The molecule has 0 aromatic heterocycles. The van der Waals surface area contributed by atoms with Gasteiger partial charge in [-0.25, -0.2) is 0 Å². The second-order valence-electron chi connectivity index (χ2n) is 8.91. The summed E-state index contributed by atoms with van der Waals surface area (Å²) >= 11 is 0. The van der Waals surface area contributed by atoms with Crippen molar-refractivity contribution in [1.29, 1.82) is 0 Å². The standard InChI is InChI=1S/C20H34O2/c1-7-19(5,22)12-9-15-14(2)13-16(21)17-18(3,4)10-8-11-20(15,17)6/h7,15-17,21-22H,1-2,8-13H2,3-6H3/t15-,16+,17+,19-,20-/m1/s1. The number of hydrogen-bond acceptors (Lipinski definition) is 2. The highest BCUT2D eigenvalue weighted by atomic mass is 16.3. The summed E-state index contributed by atoms with van der Waals surface area (Å²) in [4.78, 5) is 0. The highest BCUT2D eigenvalue weighted by Crippen LogP contribution is 2.61. The third-order valence-corrected chi connectivity index (χ3v) is 6.61. The summed E-state index contributed by atoms with van der Waals surface area (Å²) in [7, 11) is 0. The van der Waals surface area contributed by atoms with Crippen molar-refractivity contribution in [3.8, 4) is 0 Å². The third kappa shape index (κ3) is 3.05. The molecule has 0 aromatic rings. The van der Waals surface area contributed by atoms with Gasteiger partial charge in [-0.3, -0.25) is 0 Å². The Kier molecular flexibility index (Phi) is 4.68. The first-order chi connectivity index (χ1) is 10.0. The summed E-state index contributed by atoms with van der Waals surface area (Å²) in [6.07, 6.45) is 7.26. The van der Waals surface area contributed by atoms with Crippen LogP contribution in [0, 0.1) is 22.7 Å². The van der Waals surface area contributed by atoms with Crippen LogP contribution in [0.3, 0.4) is 0 Å². The molecule has 2 rings (SSSR count). The zero-order valence-corrected chi connectivity index (χ0v) is 14.9. The zero-order chi connectivity index (χ0) is 16.8. The van der Waals surface area contributed by atoms with E-state index in [9.17, 15) is 10.2 Å². The van der Waals surface area contributed by atoms with Gasteiger partial charge in [-0.2, -0.15) is 0 Å². The molecule has 22 heavy (non-hydrogen) atoms. The molecule has 0 heterocycles. The summed E-state index contributed by atoms with van der Waals surface area (Å²) in [6, 6.07) is 0. The van der Waals surface area contributed by atoms with Gasteiger partial charge in [-0.15, -0.1) is 6.58 Å². The molecule has 2 aliphatic rings. The minimum Gasteiger partial charge on any atom is -0.392 e. The first-order valence-corrected chi connectivity index (χ1v) is 8.75. The van der Waals surface area contributed by atoms with Gasteiger partial charge in [0.1, 0.15) is 0 Å². The Morgan fingerprint density at radius 1 is 1.32 bits per heavy atom. The Hall–Kier alpha value is -0.600. The van der Waals surface area contributed by atoms with Crippen molar-refractivity contribution < 1.29 is 10.2 Å². The molecule has 0 saturated heterocycles. The van der Waals surface area contributed by atoms with Crippen molar-refractivity contribution in [2.75, 3.05) is 0 Å². The molecule has 2 fully saturated rings. The van der Waals surface area contributed by atoms with E-state index in [0.717, 1.165) is 12.8 Å². The Bertz CT molecular complexity index is 449. The van der Waals surface area contributed by atoms with Crippen LogP contribution in [0.4, 0.5) is 0 Å². The lowest BCUT2D eigenvalue weighted by atomic mass is 9.46. The second kappa shape index (κ2) is 5.79. The number of fused-ring (bicyclic) bond motifs is 1. The lowest BCUT2D eigenvalue weighted by Gasteiger charge is -2.59. The van der Waals surface area contributed by atoms with Crippen LogP contribution in [0.1, 0.15) is 66.2 Å². The van der Waals surface area contributed by atoms with Crippen molar-refractivity contribution in [3.05, 3.63) is 24.8 Å². The maximum absolute atomic E-state index is 10.7. The molecular weight excluding hydrogens is 272 g/mol. The van der Waals surface area contributed by atoms with Crippen LogP contribution >= 0.6 is 0 Å². The minimum atomic E-state index is -0.813. The van der Waals surface area contributed by atoms with Gasteiger partial charge in [0.05, 0.1) is 11.7 Å². The highest BCUT2D eigenvalue weighted by molar-refractivity contribution is 5.18. The van der Waals surface area contributed by atoms with E-state index in [4.69, 9.17) is 0 Å². The Labute approximate surface area is 136 Å². The van der Waals surface area contributed by atoms with E-state index in [1.807, 2.05) is 6.92 Å². The van der Waals surface area contributed by atoms with Crippen LogP contribution < -0.4 is 0 Å². The molecular formula is C20H34O2. The summed E-state index contributed by atoms with van der Waals surface area (Å²) in [6.45, 7) is 16.8. The number of aliphatic hydroxyl groups excluding tert-OH is 1. The van der Waals surface area contributed by atoms with Crippen molar-refractivity contribution in [3.63, 3.8) is 0 Å². The van der Waals surface area contributed by atoms with E-state index in [1.165, 1.54) is 18.4 Å². The SMILES string of the molecule is C=C[C@@](C)(O)CC[C@@H]1C(=C)C[C@H](O)[C@H]2C(C)(C)CCC[C@]12C. The van der Waals surface area contributed by atoms with Crippen molar-refractivity contribution in [2.45, 2.75) is 77.9 Å². The molecule has 0 radical (unpaired) electrons. The average Bonchev–Trinajstić information content (AvgIpc) is 2.36. The maximum atomic E-state index is 10.7. The van der Waals surface area contributed by atoms with Gasteiger partial charge in [-0.1, -0.05) is 45.4 Å². The second-order valence-corrected chi connectivity index (χ2v) is 8.91. The van der Waals surface area contributed by atoms with E-state index >= 15 is 0 Å². The van der Waals surface area contributed by atoms with Gasteiger partial charge < -0.3 is 10.2 Å². The molecule has 2 aliphatic carbocycles. The van der Waals surface area contributed by atoms with Crippen molar-refractivity contribution in [2.24, 2.45) is 22.7 Å². The summed E-state index contributed by atoms with van der Waals surface area (Å²) < 4.78 is 0. The highest BCUT2D eigenvalue weighted by Gasteiger charge is 2.56. The predicted molar refractivity (Wildman–Crippen MR) is 92.5 cm³/mol. The molecule has 0 bridgehead atoms. The summed E-state index contributed by atoms with van der Waals surface area (Å²) in [5.74, 6) is 0.699. The Morgan fingerprint density at radius 3 is 2.55 bits per heavy atom. The van der Waals surface area contributed by atoms with Gasteiger partial charge in [0, 0.05) is 0 Å². The van der Waals surface area contributed by atoms with Crippen LogP contribution in [-0.4, -0.2) is 21.9 Å². The molecule has 0 aliphatic heterocycles. The number of rotatable bonds is 4. The van der Waals surface area contributed by atoms with Gasteiger partial charge >= 0.3 is 0 Å². The van der Waals surface area contributed by atoms with Crippen LogP contribution in [0.25, 0.3) is 0 Å². The zero-order valence-electron chi connectivity index (χ0n) is 14.9. The van der Waals surface area contributed by atoms with E-state index < -0.39 is 5.60 Å². The smallest absolute Gasteiger partial charge is 0.0797 e. The van der Waals surface area contributed by atoms with Crippen molar-refractivity contribution in [1.82, 2.24) is 0 Å². The molecule has 0 unspecified atom stereocenters. The molecule has 0 spiro atoms.